The van der Waals surface area contributed by atoms with Crippen LogP contribution in [0.25, 0.3) is 0 Å². The zero-order valence-corrected chi connectivity index (χ0v) is 10.6. The normalized spacial score (nSPS) is 18.4. The van der Waals surface area contributed by atoms with Crippen molar-refractivity contribution in [2.24, 2.45) is 5.92 Å². The van der Waals surface area contributed by atoms with Crippen LogP contribution in [0.1, 0.15) is 19.4 Å². The number of fused-ring (bicyclic) bond motifs is 1. The third-order valence-electron chi connectivity index (χ3n) is 3.25. The van der Waals surface area contributed by atoms with Gasteiger partial charge in [0, 0.05) is 25.2 Å². The molecule has 0 fully saturated rings. The Morgan fingerprint density at radius 3 is 2.88 bits per heavy atom. The Labute approximate surface area is 103 Å². The van der Waals surface area contributed by atoms with E-state index < -0.39 is 0 Å². The van der Waals surface area contributed by atoms with Gasteiger partial charge in [-0.1, -0.05) is 32.0 Å². The molecule has 0 radical (unpaired) electrons. The lowest BCUT2D eigenvalue weighted by Gasteiger charge is -2.24. The second kappa shape index (κ2) is 5.52. The minimum absolute atomic E-state index is 0.264. The maximum Gasteiger partial charge on any atom is 0.123 e. The summed E-state index contributed by atoms with van der Waals surface area (Å²) in [5.41, 5.74) is 1.21. The molecule has 1 aliphatic rings. The molecular formula is C14H21NO2. The summed E-state index contributed by atoms with van der Waals surface area (Å²) >= 11 is 0. The highest BCUT2D eigenvalue weighted by Gasteiger charge is 2.18. The maximum absolute atomic E-state index is 9.94. The maximum atomic E-state index is 9.94. The lowest BCUT2D eigenvalue weighted by molar-refractivity contribution is 0.0709. The van der Waals surface area contributed by atoms with Gasteiger partial charge in [0.05, 0.1) is 6.10 Å². The standard InChI is InChI=1S/C14H21NO2/c1-11(2)13(16)10-15-7-8-17-14-6-4-3-5-12(14)9-15/h3-6,11,13,16H,7-10H2,1-2H3. The number of aliphatic hydroxyl groups is 1. The fourth-order valence-corrected chi connectivity index (χ4v) is 2.01. The minimum atomic E-state index is -0.264. The summed E-state index contributed by atoms with van der Waals surface area (Å²) in [4.78, 5) is 2.26. The number of hydrogen-bond acceptors (Lipinski definition) is 3. The molecule has 1 atom stereocenters. The smallest absolute Gasteiger partial charge is 0.123 e. The number of ether oxygens (including phenoxy) is 1. The van der Waals surface area contributed by atoms with Crippen LogP contribution in [0.2, 0.25) is 0 Å². The van der Waals surface area contributed by atoms with E-state index in [-0.39, 0.29) is 6.10 Å². The predicted molar refractivity (Wildman–Crippen MR) is 68.1 cm³/mol. The van der Waals surface area contributed by atoms with Gasteiger partial charge in [0.2, 0.25) is 0 Å². The van der Waals surface area contributed by atoms with Gasteiger partial charge in [-0.3, -0.25) is 4.90 Å². The summed E-state index contributed by atoms with van der Waals surface area (Å²) in [6.07, 6.45) is -0.264. The topological polar surface area (TPSA) is 32.7 Å². The third kappa shape index (κ3) is 3.20. The average Bonchev–Trinajstić information content (AvgIpc) is 2.50. The Bertz CT molecular complexity index is 365. The van der Waals surface area contributed by atoms with Gasteiger partial charge in [0.1, 0.15) is 12.4 Å². The van der Waals surface area contributed by atoms with Crippen molar-refractivity contribution in [3.63, 3.8) is 0 Å². The molecule has 1 heterocycles. The zero-order chi connectivity index (χ0) is 12.3. The molecule has 2 rings (SSSR count). The second-order valence-electron chi connectivity index (χ2n) is 5.00. The van der Waals surface area contributed by atoms with E-state index in [2.05, 4.69) is 11.0 Å². The van der Waals surface area contributed by atoms with E-state index in [9.17, 15) is 5.11 Å². The van der Waals surface area contributed by atoms with Crippen LogP contribution in [0.4, 0.5) is 0 Å². The third-order valence-corrected chi connectivity index (χ3v) is 3.25. The van der Waals surface area contributed by atoms with Gasteiger partial charge < -0.3 is 9.84 Å². The van der Waals surface area contributed by atoms with Crippen molar-refractivity contribution < 1.29 is 9.84 Å². The van der Waals surface area contributed by atoms with Gasteiger partial charge in [0.15, 0.2) is 0 Å². The zero-order valence-electron chi connectivity index (χ0n) is 10.6. The largest absolute Gasteiger partial charge is 0.492 e. The number of hydrogen-bond donors (Lipinski definition) is 1. The lowest BCUT2D eigenvalue weighted by atomic mass is 10.1. The van der Waals surface area contributed by atoms with Crippen LogP contribution in [0.5, 0.6) is 5.75 Å². The molecule has 0 aliphatic carbocycles. The summed E-state index contributed by atoms with van der Waals surface area (Å²) in [5.74, 6) is 1.28. The first kappa shape index (κ1) is 12.4. The van der Waals surface area contributed by atoms with Gasteiger partial charge in [0.25, 0.3) is 0 Å². The summed E-state index contributed by atoms with van der Waals surface area (Å²) < 4.78 is 5.70. The molecule has 94 valence electrons. The van der Waals surface area contributed by atoms with Gasteiger partial charge in [-0.15, -0.1) is 0 Å². The number of para-hydroxylation sites is 1. The van der Waals surface area contributed by atoms with Crippen molar-refractivity contribution in [2.45, 2.75) is 26.5 Å². The molecule has 0 bridgehead atoms. The molecule has 3 nitrogen and oxygen atoms in total. The van der Waals surface area contributed by atoms with Crippen LogP contribution < -0.4 is 4.74 Å². The van der Waals surface area contributed by atoms with E-state index in [4.69, 9.17) is 4.74 Å². The summed E-state index contributed by atoms with van der Waals surface area (Å²) in [7, 11) is 0. The Hall–Kier alpha value is -1.06. The van der Waals surface area contributed by atoms with Gasteiger partial charge >= 0.3 is 0 Å². The number of nitrogens with zero attached hydrogens (tertiary/aromatic N) is 1. The van der Waals surface area contributed by atoms with E-state index in [1.54, 1.807) is 0 Å². The summed E-state index contributed by atoms with van der Waals surface area (Å²) in [6.45, 7) is 7.25. The molecule has 17 heavy (non-hydrogen) atoms. The molecule has 1 aromatic rings. The quantitative estimate of drug-likeness (QED) is 0.868. The number of aliphatic hydroxyl groups excluding tert-OH is 1. The van der Waals surface area contributed by atoms with Crippen molar-refractivity contribution in [2.75, 3.05) is 19.7 Å². The highest BCUT2D eigenvalue weighted by atomic mass is 16.5. The summed E-state index contributed by atoms with van der Waals surface area (Å²) in [6, 6.07) is 8.13. The highest BCUT2D eigenvalue weighted by Crippen LogP contribution is 2.22. The van der Waals surface area contributed by atoms with E-state index in [0.717, 1.165) is 25.4 Å². The van der Waals surface area contributed by atoms with Crippen LogP contribution in [0.15, 0.2) is 24.3 Å². The van der Waals surface area contributed by atoms with Crippen molar-refractivity contribution in [1.29, 1.82) is 0 Å². The molecule has 1 N–H and O–H groups in total. The van der Waals surface area contributed by atoms with E-state index in [1.165, 1.54) is 5.56 Å². The first-order valence-corrected chi connectivity index (χ1v) is 6.28. The Morgan fingerprint density at radius 1 is 1.35 bits per heavy atom. The van der Waals surface area contributed by atoms with Gasteiger partial charge in [-0.05, 0) is 12.0 Å². The number of benzene rings is 1. The molecule has 0 saturated carbocycles. The van der Waals surface area contributed by atoms with E-state index in [1.807, 2.05) is 32.0 Å². The molecule has 1 unspecified atom stereocenters. The lowest BCUT2D eigenvalue weighted by Crippen LogP contribution is -2.36. The van der Waals surface area contributed by atoms with Gasteiger partial charge in [-0.2, -0.15) is 0 Å². The number of rotatable bonds is 3. The molecule has 0 aromatic heterocycles. The monoisotopic (exact) mass is 235 g/mol. The molecule has 1 aromatic carbocycles. The van der Waals surface area contributed by atoms with Gasteiger partial charge in [-0.25, -0.2) is 0 Å². The molecule has 3 heteroatoms. The molecular weight excluding hydrogens is 214 g/mol. The van der Waals surface area contributed by atoms with E-state index >= 15 is 0 Å². The Balaban J connectivity index is 2.03. The molecule has 0 spiro atoms. The first-order chi connectivity index (χ1) is 8.16. The second-order valence-corrected chi connectivity index (χ2v) is 5.00. The van der Waals surface area contributed by atoms with Crippen LogP contribution in [-0.2, 0) is 6.54 Å². The van der Waals surface area contributed by atoms with Crippen molar-refractivity contribution in [3.8, 4) is 5.75 Å². The fraction of sp³-hybridized carbons (Fsp3) is 0.571. The average molecular weight is 235 g/mol. The first-order valence-electron chi connectivity index (χ1n) is 6.28. The van der Waals surface area contributed by atoms with Crippen LogP contribution in [0.3, 0.4) is 0 Å². The predicted octanol–water partition coefficient (Wildman–Crippen LogP) is 1.90. The van der Waals surface area contributed by atoms with Crippen LogP contribution >= 0.6 is 0 Å². The Kier molecular flexibility index (Phi) is 4.02. The number of β-amino-alcohol motifs (C(OH)–C–C–N with tert-alkyl or cyclic N) is 1. The molecule has 1 aliphatic heterocycles. The fourth-order valence-electron chi connectivity index (χ4n) is 2.01. The highest BCUT2D eigenvalue weighted by molar-refractivity contribution is 5.33. The molecule has 0 saturated heterocycles. The van der Waals surface area contributed by atoms with E-state index in [0.29, 0.717) is 12.5 Å². The SMILES string of the molecule is CC(C)C(O)CN1CCOc2ccccc2C1. The van der Waals surface area contributed by atoms with Crippen LogP contribution in [-0.4, -0.2) is 35.8 Å². The Morgan fingerprint density at radius 2 is 2.12 bits per heavy atom. The molecule has 0 amide bonds. The minimum Gasteiger partial charge on any atom is -0.492 e. The van der Waals surface area contributed by atoms with Crippen molar-refractivity contribution in [1.82, 2.24) is 4.90 Å². The van der Waals surface area contributed by atoms with Crippen molar-refractivity contribution >= 4 is 0 Å². The summed E-state index contributed by atoms with van der Waals surface area (Å²) in [5, 5.41) is 9.94. The van der Waals surface area contributed by atoms with Crippen molar-refractivity contribution in [3.05, 3.63) is 29.8 Å². The van der Waals surface area contributed by atoms with Crippen LogP contribution in [0, 0.1) is 5.92 Å².